The van der Waals surface area contributed by atoms with Crippen LogP contribution < -0.4 is 4.74 Å². The molecule has 130 valence electrons. The van der Waals surface area contributed by atoms with Gasteiger partial charge in [-0.15, -0.1) is 0 Å². The summed E-state index contributed by atoms with van der Waals surface area (Å²) in [6.07, 6.45) is -2.61. The van der Waals surface area contributed by atoms with Crippen LogP contribution in [0.3, 0.4) is 0 Å². The smallest absolute Gasteiger partial charge is 0.426 e. The van der Waals surface area contributed by atoms with E-state index in [1.165, 1.54) is 12.1 Å². The molecule has 0 atom stereocenters. The summed E-state index contributed by atoms with van der Waals surface area (Å²) in [7, 11) is 0. The van der Waals surface area contributed by atoms with Gasteiger partial charge < -0.3 is 14.6 Å². The van der Waals surface area contributed by atoms with Crippen LogP contribution in [0, 0.1) is 0 Å². The Labute approximate surface area is 146 Å². The van der Waals surface area contributed by atoms with E-state index in [-0.39, 0.29) is 34.8 Å². The van der Waals surface area contributed by atoms with Crippen LogP contribution in [0.1, 0.15) is 12.8 Å². The summed E-state index contributed by atoms with van der Waals surface area (Å²) in [5, 5.41) is 8.46. The van der Waals surface area contributed by atoms with Gasteiger partial charge in [0.1, 0.15) is 10.8 Å². The highest BCUT2D eigenvalue weighted by Gasteiger charge is 2.31. The van der Waals surface area contributed by atoms with Crippen LogP contribution in [-0.4, -0.2) is 31.1 Å². The lowest BCUT2D eigenvalue weighted by atomic mass is 10.3. The number of ether oxygens (including phenoxy) is 2. The van der Waals surface area contributed by atoms with Crippen molar-refractivity contribution in [3.63, 3.8) is 0 Å². The number of phenols is 1. The molecule has 0 bridgehead atoms. The Morgan fingerprint density at radius 1 is 1.13 bits per heavy atom. The molecular formula is C14H14Cl3F3O3. The molecule has 0 fully saturated rings. The third-order valence-electron chi connectivity index (χ3n) is 2.56. The van der Waals surface area contributed by atoms with Crippen molar-refractivity contribution in [2.75, 3.05) is 19.8 Å². The summed E-state index contributed by atoms with van der Waals surface area (Å²) in [4.78, 5) is 0. The first kappa shape index (κ1) is 20.2. The molecule has 0 amide bonds. The minimum Gasteiger partial charge on any atom is -0.508 e. The summed E-state index contributed by atoms with van der Waals surface area (Å²) < 4.78 is 46.6. The van der Waals surface area contributed by atoms with Crippen molar-refractivity contribution in [1.29, 1.82) is 0 Å². The largest absolute Gasteiger partial charge is 0.508 e. The third kappa shape index (κ3) is 7.52. The molecule has 0 aliphatic rings. The first-order chi connectivity index (χ1) is 10.7. The van der Waals surface area contributed by atoms with Gasteiger partial charge in [-0.25, -0.2) is 0 Å². The number of hydrogen-bond donors (Lipinski definition) is 1. The lowest BCUT2D eigenvalue weighted by molar-refractivity contribution is -0.0850. The van der Waals surface area contributed by atoms with Gasteiger partial charge in [-0.2, -0.15) is 13.2 Å². The van der Waals surface area contributed by atoms with E-state index in [0.717, 1.165) is 6.08 Å². The molecule has 1 N–H and O–H groups in total. The van der Waals surface area contributed by atoms with Crippen molar-refractivity contribution in [3.8, 4) is 11.5 Å². The second-order valence-corrected chi connectivity index (χ2v) is 5.64. The highest BCUT2D eigenvalue weighted by atomic mass is 35.5. The molecule has 0 aromatic heterocycles. The van der Waals surface area contributed by atoms with E-state index in [0.29, 0.717) is 19.4 Å². The standard InChI is InChI=1S/C14H14Cl3F3O3/c15-10-7-9(21)8-11(16)13(10)23-5-2-1-4-22-6-3-12(17)14(18,19)20/h3,7-8,21H,1-2,4-6H2/b12-3-. The monoisotopic (exact) mass is 392 g/mol. The Morgan fingerprint density at radius 2 is 1.70 bits per heavy atom. The average Bonchev–Trinajstić information content (AvgIpc) is 2.42. The number of halogens is 6. The molecule has 1 rings (SSSR count). The molecule has 1 aromatic carbocycles. The Bertz CT molecular complexity index is 525. The van der Waals surface area contributed by atoms with E-state index >= 15 is 0 Å². The number of hydrogen-bond acceptors (Lipinski definition) is 3. The molecule has 1 aromatic rings. The van der Waals surface area contributed by atoms with Gasteiger partial charge in [-0.05, 0) is 18.9 Å². The predicted molar refractivity (Wildman–Crippen MR) is 83.7 cm³/mol. The molecule has 0 aliphatic carbocycles. The summed E-state index contributed by atoms with van der Waals surface area (Å²) in [6.45, 7) is 0.348. The molecule has 0 radical (unpaired) electrons. The SMILES string of the molecule is Oc1cc(Cl)c(OCCCCOC/C=C(\Cl)C(F)(F)F)c(Cl)c1. The van der Waals surface area contributed by atoms with Crippen LogP contribution >= 0.6 is 34.8 Å². The van der Waals surface area contributed by atoms with Crippen LogP contribution in [0.2, 0.25) is 10.0 Å². The fourth-order valence-electron chi connectivity index (χ4n) is 1.50. The highest BCUT2D eigenvalue weighted by Crippen LogP contribution is 2.36. The maximum absolute atomic E-state index is 12.1. The fourth-order valence-corrected chi connectivity index (χ4v) is 2.14. The molecule has 0 aliphatic heterocycles. The van der Waals surface area contributed by atoms with Gasteiger partial charge in [0.15, 0.2) is 5.75 Å². The van der Waals surface area contributed by atoms with Gasteiger partial charge >= 0.3 is 6.18 Å². The minimum absolute atomic E-state index is 0.0636. The number of phenolic OH excluding ortho intramolecular Hbond substituents is 1. The summed E-state index contributed by atoms with van der Waals surface area (Å²) in [6, 6.07) is 2.62. The van der Waals surface area contributed by atoms with Crippen molar-refractivity contribution in [3.05, 3.63) is 33.3 Å². The first-order valence-electron chi connectivity index (χ1n) is 6.53. The predicted octanol–water partition coefficient (Wildman–Crippen LogP) is 5.56. The second-order valence-electron chi connectivity index (χ2n) is 4.42. The van der Waals surface area contributed by atoms with E-state index in [1.54, 1.807) is 0 Å². The molecule has 23 heavy (non-hydrogen) atoms. The fraction of sp³-hybridized carbons (Fsp3) is 0.429. The highest BCUT2D eigenvalue weighted by molar-refractivity contribution is 6.37. The number of rotatable bonds is 8. The maximum Gasteiger partial charge on any atom is 0.426 e. The Hall–Kier alpha value is -0.820. The number of alkyl halides is 3. The molecule has 0 unspecified atom stereocenters. The van der Waals surface area contributed by atoms with Crippen molar-refractivity contribution < 1.29 is 27.8 Å². The normalized spacial score (nSPS) is 12.5. The van der Waals surface area contributed by atoms with Crippen molar-refractivity contribution in [2.24, 2.45) is 0 Å². The summed E-state index contributed by atoms with van der Waals surface area (Å²) >= 11 is 16.8. The van der Waals surface area contributed by atoms with E-state index in [9.17, 15) is 18.3 Å². The van der Waals surface area contributed by atoms with Crippen LogP contribution in [0.4, 0.5) is 13.2 Å². The minimum atomic E-state index is -4.54. The molecule has 0 saturated carbocycles. The van der Waals surface area contributed by atoms with Crippen LogP contribution in [-0.2, 0) is 4.74 Å². The molecular weight excluding hydrogens is 380 g/mol. The molecule has 0 heterocycles. The molecule has 9 heteroatoms. The zero-order valence-corrected chi connectivity index (χ0v) is 14.1. The summed E-state index contributed by atoms with van der Waals surface area (Å²) in [5.41, 5.74) is 0. The number of allylic oxidation sites excluding steroid dienone is 1. The second kappa shape index (κ2) is 9.47. The van der Waals surface area contributed by atoms with Gasteiger partial charge in [-0.3, -0.25) is 0 Å². The maximum atomic E-state index is 12.1. The van der Waals surface area contributed by atoms with Crippen molar-refractivity contribution in [1.82, 2.24) is 0 Å². The Balaban J connectivity index is 2.20. The van der Waals surface area contributed by atoms with Gasteiger partial charge in [0.05, 0.1) is 23.3 Å². The average molecular weight is 394 g/mol. The lowest BCUT2D eigenvalue weighted by Gasteiger charge is -2.10. The van der Waals surface area contributed by atoms with E-state index in [1.807, 2.05) is 0 Å². The van der Waals surface area contributed by atoms with Gasteiger partial charge in [0.25, 0.3) is 0 Å². The van der Waals surface area contributed by atoms with Crippen molar-refractivity contribution in [2.45, 2.75) is 19.0 Å². The molecule has 0 saturated heterocycles. The molecule has 0 spiro atoms. The zero-order chi connectivity index (χ0) is 17.5. The molecule has 3 nitrogen and oxygen atoms in total. The van der Waals surface area contributed by atoms with Crippen LogP contribution in [0.25, 0.3) is 0 Å². The topological polar surface area (TPSA) is 38.7 Å². The number of unbranched alkanes of at least 4 members (excludes halogenated alkanes) is 1. The zero-order valence-electron chi connectivity index (χ0n) is 11.8. The quantitative estimate of drug-likeness (QED) is 0.588. The Kier molecular flexibility index (Phi) is 8.33. The van der Waals surface area contributed by atoms with Crippen molar-refractivity contribution >= 4 is 34.8 Å². The third-order valence-corrected chi connectivity index (χ3v) is 3.49. The van der Waals surface area contributed by atoms with E-state index < -0.39 is 11.2 Å². The van der Waals surface area contributed by atoms with Gasteiger partial charge in [0.2, 0.25) is 0 Å². The van der Waals surface area contributed by atoms with Gasteiger partial charge in [-0.1, -0.05) is 34.8 Å². The lowest BCUT2D eigenvalue weighted by Crippen LogP contribution is -2.08. The van der Waals surface area contributed by atoms with Crippen LogP contribution in [0.5, 0.6) is 11.5 Å². The van der Waals surface area contributed by atoms with Gasteiger partial charge in [0, 0.05) is 18.7 Å². The van der Waals surface area contributed by atoms with E-state index in [4.69, 9.17) is 44.3 Å². The van der Waals surface area contributed by atoms with Crippen LogP contribution in [0.15, 0.2) is 23.2 Å². The first-order valence-corrected chi connectivity index (χ1v) is 7.66. The Morgan fingerprint density at radius 3 is 2.26 bits per heavy atom. The summed E-state index contributed by atoms with van der Waals surface area (Å²) in [5.74, 6) is 0.207. The van der Waals surface area contributed by atoms with E-state index in [2.05, 4.69) is 0 Å². The number of benzene rings is 1. The number of aromatic hydroxyl groups is 1.